The van der Waals surface area contributed by atoms with Gasteiger partial charge in [0, 0.05) is 16.5 Å². The van der Waals surface area contributed by atoms with E-state index < -0.39 is 6.10 Å². The summed E-state index contributed by atoms with van der Waals surface area (Å²) in [4.78, 5) is 0. The Labute approximate surface area is 126 Å². The molecule has 0 amide bonds. The second kappa shape index (κ2) is 6.37. The molecule has 2 nitrogen and oxygen atoms in total. The minimum absolute atomic E-state index is 0.262. The zero-order valence-electron chi connectivity index (χ0n) is 11.4. The van der Waals surface area contributed by atoms with Gasteiger partial charge in [-0.2, -0.15) is 0 Å². The van der Waals surface area contributed by atoms with Crippen molar-refractivity contribution in [3.05, 3.63) is 63.4 Å². The Morgan fingerprint density at radius 2 is 2.00 bits per heavy atom. The maximum Gasteiger partial charge on any atom is 0.125 e. The maximum absolute atomic E-state index is 13.1. The van der Waals surface area contributed by atoms with Crippen molar-refractivity contribution in [3.8, 4) is 5.75 Å². The summed E-state index contributed by atoms with van der Waals surface area (Å²) in [6.07, 6.45) is -0.272. The van der Waals surface area contributed by atoms with E-state index in [9.17, 15) is 9.50 Å². The van der Waals surface area contributed by atoms with E-state index in [0.717, 1.165) is 21.2 Å². The highest BCUT2D eigenvalue weighted by molar-refractivity contribution is 9.10. The van der Waals surface area contributed by atoms with Crippen molar-refractivity contribution in [2.24, 2.45) is 0 Å². The normalized spacial score (nSPS) is 12.2. The van der Waals surface area contributed by atoms with Crippen LogP contribution in [0.2, 0.25) is 0 Å². The van der Waals surface area contributed by atoms with Crippen LogP contribution in [0.5, 0.6) is 5.75 Å². The second-order valence-corrected chi connectivity index (χ2v) is 5.59. The maximum atomic E-state index is 13.1. The first-order chi connectivity index (χ1) is 9.51. The Balaban J connectivity index is 2.25. The molecule has 2 aromatic carbocycles. The monoisotopic (exact) mass is 338 g/mol. The zero-order valence-corrected chi connectivity index (χ0v) is 12.9. The van der Waals surface area contributed by atoms with Crippen LogP contribution >= 0.6 is 15.9 Å². The SMILES string of the molecule is COc1cc(Br)ccc1C(O)Cc1ccc(F)cc1C. The number of halogens is 2. The van der Waals surface area contributed by atoms with Crippen LogP contribution in [0.1, 0.15) is 22.8 Å². The number of aliphatic hydroxyl groups is 1. The average molecular weight is 339 g/mol. The molecule has 106 valence electrons. The molecule has 0 aliphatic heterocycles. The summed E-state index contributed by atoms with van der Waals surface area (Å²) < 4.78 is 19.3. The summed E-state index contributed by atoms with van der Waals surface area (Å²) >= 11 is 3.37. The summed E-state index contributed by atoms with van der Waals surface area (Å²) in [5.74, 6) is 0.369. The minimum Gasteiger partial charge on any atom is -0.496 e. The third-order valence-electron chi connectivity index (χ3n) is 3.27. The van der Waals surface area contributed by atoms with Crippen LogP contribution in [-0.2, 0) is 6.42 Å². The first kappa shape index (κ1) is 15.0. The summed E-state index contributed by atoms with van der Waals surface area (Å²) in [7, 11) is 1.57. The summed E-state index contributed by atoms with van der Waals surface area (Å²) in [5.41, 5.74) is 2.48. The van der Waals surface area contributed by atoms with Crippen LogP contribution in [0.4, 0.5) is 4.39 Å². The summed E-state index contributed by atoms with van der Waals surface area (Å²) in [6, 6.07) is 10.1. The van der Waals surface area contributed by atoms with Crippen LogP contribution in [0, 0.1) is 12.7 Å². The van der Waals surface area contributed by atoms with Crippen LogP contribution in [0.3, 0.4) is 0 Å². The van der Waals surface area contributed by atoms with Crippen molar-refractivity contribution in [2.75, 3.05) is 7.11 Å². The van der Waals surface area contributed by atoms with E-state index in [4.69, 9.17) is 4.74 Å². The molecule has 0 heterocycles. The number of ether oxygens (including phenoxy) is 1. The number of methoxy groups -OCH3 is 1. The summed E-state index contributed by atoms with van der Waals surface area (Å²) in [5, 5.41) is 10.4. The van der Waals surface area contributed by atoms with Crippen molar-refractivity contribution in [1.29, 1.82) is 0 Å². The zero-order chi connectivity index (χ0) is 14.7. The fraction of sp³-hybridized carbons (Fsp3) is 0.250. The van der Waals surface area contributed by atoms with E-state index in [1.807, 2.05) is 25.1 Å². The number of benzene rings is 2. The fourth-order valence-electron chi connectivity index (χ4n) is 2.17. The Morgan fingerprint density at radius 3 is 2.65 bits per heavy atom. The molecule has 4 heteroatoms. The van der Waals surface area contributed by atoms with Crippen LogP contribution in [0.15, 0.2) is 40.9 Å². The van der Waals surface area contributed by atoms with Crippen molar-refractivity contribution >= 4 is 15.9 Å². The van der Waals surface area contributed by atoms with Crippen LogP contribution in [-0.4, -0.2) is 12.2 Å². The van der Waals surface area contributed by atoms with Gasteiger partial charge in [-0.25, -0.2) is 4.39 Å². The average Bonchev–Trinajstić information content (AvgIpc) is 2.41. The van der Waals surface area contributed by atoms with Gasteiger partial charge in [0.2, 0.25) is 0 Å². The first-order valence-corrected chi connectivity index (χ1v) is 7.07. The number of hydrogen-bond acceptors (Lipinski definition) is 2. The molecule has 0 aliphatic rings. The second-order valence-electron chi connectivity index (χ2n) is 4.68. The predicted molar refractivity (Wildman–Crippen MR) is 80.5 cm³/mol. The highest BCUT2D eigenvalue weighted by Crippen LogP contribution is 2.31. The lowest BCUT2D eigenvalue weighted by Gasteiger charge is -2.16. The van der Waals surface area contributed by atoms with Gasteiger partial charge in [-0.15, -0.1) is 0 Å². The molecule has 0 fully saturated rings. The molecule has 1 unspecified atom stereocenters. The van der Waals surface area contributed by atoms with E-state index in [0.29, 0.717) is 12.2 Å². The number of hydrogen-bond donors (Lipinski definition) is 1. The molecular formula is C16H16BrFO2. The van der Waals surface area contributed by atoms with Crippen LogP contribution in [0.25, 0.3) is 0 Å². The fourth-order valence-corrected chi connectivity index (χ4v) is 2.51. The number of aryl methyl sites for hydroxylation is 1. The van der Waals surface area contributed by atoms with Crippen molar-refractivity contribution in [1.82, 2.24) is 0 Å². The van der Waals surface area contributed by atoms with E-state index in [2.05, 4.69) is 15.9 Å². The van der Waals surface area contributed by atoms with E-state index in [-0.39, 0.29) is 5.82 Å². The Kier molecular flexibility index (Phi) is 4.78. The third kappa shape index (κ3) is 3.38. The molecule has 1 atom stereocenters. The number of aliphatic hydroxyl groups excluding tert-OH is 1. The lowest BCUT2D eigenvalue weighted by Crippen LogP contribution is -2.05. The van der Waals surface area contributed by atoms with Gasteiger partial charge in [-0.1, -0.05) is 28.1 Å². The van der Waals surface area contributed by atoms with Gasteiger partial charge in [0.15, 0.2) is 0 Å². The lowest BCUT2D eigenvalue weighted by molar-refractivity contribution is 0.174. The van der Waals surface area contributed by atoms with Crippen LogP contribution < -0.4 is 4.74 Å². The largest absolute Gasteiger partial charge is 0.496 e. The molecule has 2 rings (SSSR count). The molecule has 0 spiro atoms. The first-order valence-electron chi connectivity index (χ1n) is 6.28. The third-order valence-corrected chi connectivity index (χ3v) is 3.77. The number of rotatable bonds is 4. The molecule has 2 aromatic rings. The highest BCUT2D eigenvalue weighted by Gasteiger charge is 2.15. The molecule has 0 saturated heterocycles. The van der Waals surface area contributed by atoms with Gasteiger partial charge in [0.25, 0.3) is 0 Å². The molecule has 0 bridgehead atoms. The van der Waals surface area contributed by atoms with E-state index in [1.165, 1.54) is 12.1 Å². The molecule has 0 aromatic heterocycles. The van der Waals surface area contributed by atoms with Gasteiger partial charge in [0.1, 0.15) is 11.6 Å². The van der Waals surface area contributed by atoms with E-state index >= 15 is 0 Å². The topological polar surface area (TPSA) is 29.5 Å². The van der Waals surface area contributed by atoms with Gasteiger partial charge in [-0.3, -0.25) is 0 Å². The Morgan fingerprint density at radius 1 is 1.25 bits per heavy atom. The predicted octanol–water partition coefficient (Wildman–Crippen LogP) is 4.18. The smallest absolute Gasteiger partial charge is 0.125 e. The lowest BCUT2D eigenvalue weighted by atomic mass is 9.97. The standard InChI is InChI=1S/C16H16BrFO2/c1-10-7-13(18)5-3-11(10)8-15(19)14-6-4-12(17)9-16(14)20-2/h3-7,9,15,19H,8H2,1-2H3. The van der Waals surface area contributed by atoms with Gasteiger partial charge in [-0.05, 0) is 42.3 Å². The minimum atomic E-state index is -0.692. The van der Waals surface area contributed by atoms with Gasteiger partial charge < -0.3 is 9.84 Å². The Hall–Kier alpha value is -1.39. The molecular weight excluding hydrogens is 323 g/mol. The molecule has 0 aliphatic carbocycles. The van der Waals surface area contributed by atoms with Crippen molar-refractivity contribution in [2.45, 2.75) is 19.4 Å². The molecule has 1 N–H and O–H groups in total. The highest BCUT2D eigenvalue weighted by atomic mass is 79.9. The summed E-state index contributed by atoms with van der Waals surface area (Å²) in [6.45, 7) is 1.84. The van der Waals surface area contributed by atoms with Gasteiger partial charge in [0.05, 0.1) is 13.2 Å². The molecule has 0 saturated carbocycles. The molecule has 20 heavy (non-hydrogen) atoms. The molecule has 0 radical (unpaired) electrons. The van der Waals surface area contributed by atoms with Crippen molar-refractivity contribution in [3.63, 3.8) is 0 Å². The Bertz CT molecular complexity index is 613. The van der Waals surface area contributed by atoms with Gasteiger partial charge >= 0.3 is 0 Å². The van der Waals surface area contributed by atoms with E-state index in [1.54, 1.807) is 13.2 Å². The van der Waals surface area contributed by atoms with Crippen molar-refractivity contribution < 1.29 is 14.2 Å². The quantitative estimate of drug-likeness (QED) is 0.905.